The van der Waals surface area contributed by atoms with Crippen molar-refractivity contribution in [3.8, 4) is 11.1 Å². The lowest BCUT2D eigenvalue weighted by molar-refractivity contribution is 0.0592. The lowest BCUT2D eigenvalue weighted by Gasteiger charge is -2.11. The number of ether oxygens (including phenoxy) is 2. The highest BCUT2D eigenvalue weighted by Gasteiger charge is 2.12. The molecule has 0 saturated heterocycles. The molecule has 0 aliphatic rings. The molecule has 164 valence electrons. The van der Waals surface area contributed by atoms with Gasteiger partial charge in [0.05, 0.1) is 25.3 Å². The van der Waals surface area contributed by atoms with Crippen LogP contribution in [0.25, 0.3) is 21.9 Å². The molecular weight excluding hydrogens is 418 g/mol. The number of hydrogen-bond acceptors (Lipinski definition) is 5. The first-order valence-corrected chi connectivity index (χ1v) is 10.2. The lowest BCUT2D eigenvalue weighted by atomic mass is 9.96. The fourth-order valence-corrected chi connectivity index (χ4v) is 3.58. The van der Waals surface area contributed by atoms with E-state index in [1.54, 1.807) is 42.5 Å². The molecule has 4 aromatic rings. The molecule has 4 aromatic carbocycles. The third kappa shape index (κ3) is 4.60. The Morgan fingerprint density at radius 3 is 1.85 bits per heavy atom. The van der Waals surface area contributed by atoms with Gasteiger partial charge in [0.25, 0.3) is 5.91 Å². The zero-order valence-corrected chi connectivity index (χ0v) is 18.1. The summed E-state index contributed by atoms with van der Waals surface area (Å²) in [6, 6.07) is 25.1. The predicted octanol–water partition coefficient (Wildman–Crippen LogP) is 5.33. The van der Waals surface area contributed by atoms with Crippen LogP contribution in [0.1, 0.15) is 31.1 Å². The third-order valence-corrected chi connectivity index (χ3v) is 5.33. The summed E-state index contributed by atoms with van der Waals surface area (Å²) in [6.45, 7) is 0. The molecule has 0 aromatic heterocycles. The first-order chi connectivity index (χ1) is 16.0. The topological polar surface area (TPSA) is 81.7 Å². The van der Waals surface area contributed by atoms with E-state index in [4.69, 9.17) is 4.74 Å². The molecule has 6 nitrogen and oxygen atoms in total. The Labute approximate surface area is 190 Å². The molecule has 0 radical (unpaired) electrons. The first-order valence-electron chi connectivity index (χ1n) is 10.2. The highest BCUT2D eigenvalue weighted by atomic mass is 16.5. The van der Waals surface area contributed by atoms with Gasteiger partial charge in [0.1, 0.15) is 0 Å². The zero-order chi connectivity index (χ0) is 23.4. The number of anilines is 1. The molecule has 1 amide bonds. The van der Waals surface area contributed by atoms with E-state index < -0.39 is 11.9 Å². The maximum Gasteiger partial charge on any atom is 0.337 e. The summed E-state index contributed by atoms with van der Waals surface area (Å²) < 4.78 is 9.45. The molecule has 33 heavy (non-hydrogen) atoms. The second kappa shape index (κ2) is 9.36. The van der Waals surface area contributed by atoms with Crippen molar-refractivity contribution in [2.24, 2.45) is 0 Å². The number of carbonyl (C=O) groups is 3. The minimum absolute atomic E-state index is 0.265. The van der Waals surface area contributed by atoms with Crippen LogP contribution in [-0.2, 0) is 9.47 Å². The van der Waals surface area contributed by atoms with E-state index in [-0.39, 0.29) is 5.91 Å². The molecule has 0 aliphatic carbocycles. The van der Waals surface area contributed by atoms with Crippen LogP contribution in [0, 0.1) is 0 Å². The Morgan fingerprint density at radius 1 is 0.667 bits per heavy atom. The van der Waals surface area contributed by atoms with Gasteiger partial charge in [0.15, 0.2) is 0 Å². The molecule has 0 atom stereocenters. The van der Waals surface area contributed by atoms with E-state index in [9.17, 15) is 14.4 Å². The van der Waals surface area contributed by atoms with Gasteiger partial charge < -0.3 is 14.8 Å². The fourth-order valence-electron chi connectivity index (χ4n) is 3.58. The highest BCUT2D eigenvalue weighted by molar-refractivity contribution is 6.08. The molecule has 0 spiro atoms. The molecule has 0 bridgehead atoms. The molecule has 4 rings (SSSR count). The van der Waals surface area contributed by atoms with Crippen LogP contribution in [-0.4, -0.2) is 32.1 Å². The van der Waals surface area contributed by atoms with Crippen molar-refractivity contribution in [3.05, 3.63) is 102 Å². The maximum atomic E-state index is 12.9. The van der Waals surface area contributed by atoms with Gasteiger partial charge >= 0.3 is 11.9 Å². The van der Waals surface area contributed by atoms with E-state index in [0.29, 0.717) is 22.4 Å². The summed E-state index contributed by atoms with van der Waals surface area (Å²) >= 11 is 0. The first kappa shape index (κ1) is 21.8. The largest absolute Gasteiger partial charge is 0.465 e. The van der Waals surface area contributed by atoms with Crippen molar-refractivity contribution in [1.82, 2.24) is 0 Å². The van der Waals surface area contributed by atoms with Gasteiger partial charge in [-0.05, 0) is 70.4 Å². The lowest BCUT2D eigenvalue weighted by Crippen LogP contribution is -2.12. The summed E-state index contributed by atoms with van der Waals surface area (Å²) in [4.78, 5) is 36.2. The van der Waals surface area contributed by atoms with Crippen molar-refractivity contribution in [1.29, 1.82) is 0 Å². The number of amides is 1. The van der Waals surface area contributed by atoms with Crippen molar-refractivity contribution in [2.75, 3.05) is 19.5 Å². The smallest absolute Gasteiger partial charge is 0.337 e. The van der Waals surface area contributed by atoms with E-state index in [0.717, 1.165) is 21.9 Å². The maximum absolute atomic E-state index is 12.9. The molecule has 0 unspecified atom stereocenters. The van der Waals surface area contributed by atoms with Gasteiger partial charge in [-0.1, -0.05) is 36.4 Å². The Kier molecular flexibility index (Phi) is 6.17. The van der Waals surface area contributed by atoms with Crippen LogP contribution in [0.4, 0.5) is 5.69 Å². The summed E-state index contributed by atoms with van der Waals surface area (Å²) in [6.07, 6.45) is 0. The van der Waals surface area contributed by atoms with Crippen LogP contribution in [0.5, 0.6) is 0 Å². The second-order valence-corrected chi connectivity index (χ2v) is 7.33. The number of benzene rings is 4. The quantitative estimate of drug-likeness (QED) is 0.425. The van der Waals surface area contributed by atoms with Crippen molar-refractivity contribution in [3.63, 3.8) is 0 Å². The van der Waals surface area contributed by atoms with E-state index >= 15 is 0 Å². The average molecular weight is 439 g/mol. The van der Waals surface area contributed by atoms with Gasteiger partial charge in [-0.3, -0.25) is 4.79 Å². The Hall–Kier alpha value is -4.45. The number of esters is 2. The summed E-state index contributed by atoms with van der Waals surface area (Å²) in [5.41, 5.74) is 3.81. The van der Waals surface area contributed by atoms with Crippen LogP contribution in [0.15, 0.2) is 84.9 Å². The Morgan fingerprint density at radius 2 is 1.24 bits per heavy atom. The summed E-state index contributed by atoms with van der Waals surface area (Å²) in [5, 5.41) is 4.75. The normalized spacial score (nSPS) is 10.5. The molecule has 1 N–H and O–H groups in total. The van der Waals surface area contributed by atoms with Crippen LogP contribution in [0.2, 0.25) is 0 Å². The van der Waals surface area contributed by atoms with Gasteiger partial charge in [0.2, 0.25) is 0 Å². The average Bonchev–Trinajstić information content (AvgIpc) is 2.87. The Bertz CT molecular complexity index is 1340. The zero-order valence-electron chi connectivity index (χ0n) is 18.1. The molecule has 0 aliphatic heterocycles. The number of fused-ring (bicyclic) bond motifs is 1. The minimum atomic E-state index is -0.436. The third-order valence-electron chi connectivity index (χ3n) is 5.33. The van der Waals surface area contributed by atoms with Gasteiger partial charge in [-0.25, -0.2) is 9.59 Å². The fraction of sp³-hybridized carbons (Fsp3) is 0.0741. The van der Waals surface area contributed by atoms with Crippen molar-refractivity contribution in [2.45, 2.75) is 0 Å². The predicted molar refractivity (Wildman–Crippen MR) is 126 cm³/mol. The van der Waals surface area contributed by atoms with Gasteiger partial charge in [-0.2, -0.15) is 0 Å². The highest BCUT2D eigenvalue weighted by Crippen LogP contribution is 2.30. The second-order valence-electron chi connectivity index (χ2n) is 7.33. The van der Waals surface area contributed by atoms with E-state index in [1.165, 1.54) is 14.2 Å². The van der Waals surface area contributed by atoms with Crippen LogP contribution in [0.3, 0.4) is 0 Å². The number of nitrogens with one attached hydrogen (secondary N) is 1. The standard InChI is InChI=1S/C27H21NO5/c1-32-26(30)19-9-6-18(7-10-19)23-5-3-4-17-8-11-21(16-24(17)23)25(29)28-22-14-12-20(13-15-22)27(31)33-2/h3-16H,1-2H3,(H,28,29). The Balaban J connectivity index is 1.63. The van der Waals surface area contributed by atoms with Crippen LogP contribution < -0.4 is 5.32 Å². The molecule has 0 fully saturated rings. The minimum Gasteiger partial charge on any atom is -0.465 e. The molecular formula is C27H21NO5. The summed E-state index contributed by atoms with van der Waals surface area (Å²) in [7, 11) is 2.67. The van der Waals surface area contributed by atoms with Crippen molar-refractivity contribution >= 4 is 34.3 Å². The SMILES string of the molecule is COC(=O)c1ccc(NC(=O)c2ccc3cccc(-c4ccc(C(=O)OC)cc4)c3c2)cc1. The van der Waals surface area contributed by atoms with E-state index in [2.05, 4.69) is 10.1 Å². The number of rotatable bonds is 5. The number of methoxy groups -OCH3 is 2. The summed E-state index contributed by atoms with van der Waals surface area (Å²) in [5.74, 6) is -1.09. The van der Waals surface area contributed by atoms with E-state index in [1.807, 2.05) is 42.5 Å². The molecule has 6 heteroatoms. The van der Waals surface area contributed by atoms with Gasteiger partial charge in [0, 0.05) is 11.3 Å². The molecule has 0 heterocycles. The van der Waals surface area contributed by atoms with Gasteiger partial charge in [-0.15, -0.1) is 0 Å². The monoisotopic (exact) mass is 439 g/mol. The van der Waals surface area contributed by atoms with Crippen LogP contribution >= 0.6 is 0 Å². The number of hydrogen-bond donors (Lipinski definition) is 1. The molecule has 0 saturated carbocycles. The number of carbonyl (C=O) groups excluding carboxylic acids is 3. The van der Waals surface area contributed by atoms with Crippen molar-refractivity contribution < 1.29 is 23.9 Å².